The standard InChI is InChI=1S/C15H13F3N2O3/c1-23-12-5-3-11(4-6-12)19-13(21)9-20-8-10(15(16,17)18)2-7-14(20)22/h2-8H,9H2,1H3,(H,19,21). The number of anilines is 1. The molecule has 1 amide bonds. The van der Waals surface area contributed by atoms with Crippen molar-refractivity contribution in [1.82, 2.24) is 4.57 Å². The van der Waals surface area contributed by atoms with Gasteiger partial charge < -0.3 is 14.6 Å². The highest BCUT2D eigenvalue weighted by atomic mass is 19.4. The minimum Gasteiger partial charge on any atom is -0.497 e. The van der Waals surface area contributed by atoms with E-state index in [1.54, 1.807) is 24.3 Å². The second kappa shape index (κ2) is 6.55. The van der Waals surface area contributed by atoms with E-state index in [9.17, 15) is 22.8 Å². The molecule has 0 aliphatic heterocycles. The molecule has 1 aromatic heterocycles. The van der Waals surface area contributed by atoms with Crippen molar-refractivity contribution in [2.75, 3.05) is 12.4 Å². The Hall–Kier alpha value is -2.77. The number of carbonyl (C=O) groups excluding carboxylic acids is 1. The Labute approximate surface area is 129 Å². The highest BCUT2D eigenvalue weighted by Gasteiger charge is 2.31. The van der Waals surface area contributed by atoms with Crippen LogP contribution in [-0.4, -0.2) is 17.6 Å². The fourth-order valence-electron chi connectivity index (χ4n) is 1.85. The van der Waals surface area contributed by atoms with Crippen LogP contribution in [0.2, 0.25) is 0 Å². The summed E-state index contributed by atoms with van der Waals surface area (Å²) >= 11 is 0. The smallest absolute Gasteiger partial charge is 0.417 e. The molecule has 0 aliphatic rings. The summed E-state index contributed by atoms with van der Waals surface area (Å²) in [5.41, 5.74) is -1.24. The predicted molar refractivity (Wildman–Crippen MR) is 77.3 cm³/mol. The number of benzene rings is 1. The molecule has 2 aromatic rings. The molecule has 0 atom stereocenters. The maximum absolute atomic E-state index is 12.6. The zero-order chi connectivity index (χ0) is 17.0. The van der Waals surface area contributed by atoms with Gasteiger partial charge in [-0.15, -0.1) is 0 Å². The maximum Gasteiger partial charge on any atom is 0.417 e. The normalized spacial score (nSPS) is 11.1. The van der Waals surface area contributed by atoms with Crippen molar-refractivity contribution >= 4 is 11.6 Å². The lowest BCUT2D eigenvalue weighted by molar-refractivity contribution is -0.138. The van der Waals surface area contributed by atoms with Gasteiger partial charge in [0.1, 0.15) is 12.3 Å². The molecule has 0 bridgehead atoms. The van der Waals surface area contributed by atoms with Crippen LogP contribution >= 0.6 is 0 Å². The Morgan fingerprint density at radius 3 is 2.39 bits per heavy atom. The van der Waals surface area contributed by atoms with Crippen LogP contribution in [0.1, 0.15) is 5.56 Å². The fraction of sp³-hybridized carbons (Fsp3) is 0.200. The van der Waals surface area contributed by atoms with E-state index < -0.39 is 29.8 Å². The fourth-order valence-corrected chi connectivity index (χ4v) is 1.85. The largest absolute Gasteiger partial charge is 0.497 e. The number of methoxy groups -OCH3 is 1. The number of carbonyl (C=O) groups is 1. The summed E-state index contributed by atoms with van der Waals surface area (Å²) in [6.07, 6.45) is -3.96. The summed E-state index contributed by atoms with van der Waals surface area (Å²) < 4.78 is 43.6. The quantitative estimate of drug-likeness (QED) is 0.939. The first-order valence-electron chi connectivity index (χ1n) is 6.51. The molecular weight excluding hydrogens is 313 g/mol. The number of nitrogens with one attached hydrogen (secondary N) is 1. The monoisotopic (exact) mass is 326 g/mol. The number of alkyl halides is 3. The third-order valence-electron chi connectivity index (χ3n) is 3.00. The minimum absolute atomic E-state index is 0.441. The second-order valence-electron chi connectivity index (χ2n) is 4.66. The van der Waals surface area contributed by atoms with Gasteiger partial charge in [0.05, 0.1) is 12.7 Å². The van der Waals surface area contributed by atoms with Gasteiger partial charge in [-0.2, -0.15) is 13.2 Å². The Balaban J connectivity index is 2.11. The topological polar surface area (TPSA) is 60.3 Å². The molecule has 0 spiro atoms. The number of ether oxygens (including phenoxy) is 1. The number of halogens is 3. The van der Waals surface area contributed by atoms with Crippen molar-refractivity contribution in [3.05, 3.63) is 58.5 Å². The molecule has 0 unspecified atom stereocenters. The third-order valence-corrected chi connectivity index (χ3v) is 3.00. The van der Waals surface area contributed by atoms with Gasteiger partial charge in [-0.1, -0.05) is 0 Å². The van der Waals surface area contributed by atoms with Crippen LogP contribution in [-0.2, 0) is 17.5 Å². The van der Waals surface area contributed by atoms with E-state index in [1.807, 2.05) is 0 Å². The number of nitrogens with zero attached hydrogens (tertiary/aromatic N) is 1. The number of hydrogen-bond acceptors (Lipinski definition) is 3. The highest BCUT2D eigenvalue weighted by molar-refractivity contribution is 5.90. The molecule has 2 rings (SSSR count). The number of pyridine rings is 1. The summed E-state index contributed by atoms with van der Waals surface area (Å²) in [6, 6.07) is 7.85. The minimum atomic E-state index is -4.58. The van der Waals surface area contributed by atoms with Crippen LogP contribution < -0.4 is 15.6 Å². The van der Waals surface area contributed by atoms with Crippen molar-refractivity contribution in [2.45, 2.75) is 12.7 Å². The van der Waals surface area contributed by atoms with Gasteiger partial charge in [-0.25, -0.2) is 0 Å². The first-order chi connectivity index (χ1) is 10.8. The first-order valence-corrected chi connectivity index (χ1v) is 6.51. The molecule has 0 saturated carbocycles. The molecule has 1 heterocycles. The Kier molecular flexibility index (Phi) is 4.73. The average molecular weight is 326 g/mol. The van der Waals surface area contributed by atoms with Gasteiger partial charge in [0.25, 0.3) is 5.56 Å². The van der Waals surface area contributed by atoms with Crippen molar-refractivity contribution < 1.29 is 22.7 Å². The molecule has 1 N–H and O–H groups in total. The lowest BCUT2D eigenvalue weighted by Gasteiger charge is -2.11. The Bertz CT molecular complexity index is 752. The molecule has 0 aliphatic carbocycles. The number of rotatable bonds is 4. The van der Waals surface area contributed by atoms with E-state index in [2.05, 4.69) is 5.32 Å². The predicted octanol–water partition coefficient (Wildman–Crippen LogP) is 2.51. The van der Waals surface area contributed by atoms with Crippen molar-refractivity contribution in [2.24, 2.45) is 0 Å². The van der Waals surface area contributed by atoms with Gasteiger partial charge in [0, 0.05) is 18.0 Å². The summed E-state index contributed by atoms with van der Waals surface area (Å²) in [5.74, 6) is -0.0197. The lowest BCUT2D eigenvalue weighted by atomic mass is 10.2. The molecule has 0 fully saturated rings. The second-order valence-corrected chi connectivity index (χ2v) is 4.66. The molecular formula is C15H13F3N2O3. The summed E-state index contributed by atoms with van der Waals surface area (Å²) in [4.78, 5) is 23.4. The summed E-state index contributed by atoms with van der Waals surface area (Å²) in [5, 5.41) is 2.49. The Morgan fingerprint density at radius 2 is 1.83 bits per heavy atom. The number of amides is 1. The first kappa shape index (κ1) is 16.6. The van der Waals surface area contributed by atoms with Crippen LogP contribution in [0.5, 0.6) is 5.75 Å². The van der Waals surface area contributed by atoms with E-state index in [-0.39, 0.29) is 0 Å². The zero-order valence-corrected chi connectivity index (χ0v) is 12.1. The third kappa shape index (κ3) is 4.35. The van der Waals surface area contributed by atoms with Crippen molar-refractivity contribution in [3.8, 4) is 5.75 Å². The molecule has 8 heteroatoms. The van der Waals surface area contributed by atoms with E-state index in [0.717, 1.165) is 6.07 Å². The summed E-state index contributed by atoms with van der Waals surface area (Å²) in [7, 11) is 1.49. The van der Waals surface area contributed by atoms with Crippen molar-refractivity contribution in [3.63, 3.8) is 0 Å². The van der Waals surface area contributed by atoms with Crippen molar-refractivity contribution in [1.29, 1.82) is 0 Å². The van der Waals surface area contributed by atoms with Gasteiger partial charge in [0.2, 0.25) is 5.91 Å². The van der Waals surface area contributed by atoms with Crippen LogP contribution in [0.4, 0.5) is 18.9 Å². The van der Waals surface area contributed by atoms with Crippen LogP contribution in [0.3, 0.4) is 0 Å². The molecule has 0 saturated heterocycles. The molecule has 1 aromatic carbocycles. The van der Waals surface area contributed by atoms with Gasteiger partial charge >= 0.3 is 6.18 Å². The van der Waals surface area contributed by atoms with E-state index in [4.69, 9.17) is 4.74 Å². The van der Waals surface area contributed by atoms with Crippen LogP contribution in [0.15, 0.2) is 47.4 Å². The van der Waals surface area contributed by atoms with E-state index in [0.29, 0.717) is 28.3 Å². The zero-order valence-electron chi connectivity index (χ0n) is 12.1. The Morgan fingerprint density at radius 1 is 1.17 bits per heavy atom. The number of aromatic nitrogens is 1. The van der Waals surface area contributed by atoms with Gasteiger partial charge in [-0.3, -0.25) is 9.59 Å². The van der Waals surface area contributed by atoms with Gasteiger partial charge in [-0.05, 0) is 30.3 Å². The average Bonchev–Trinajstić information content (AvgIpc) is 2.49. The van der Waals surface area contributed by atoms with E-state index in [1.165, 1.54) is 7.11 Å². The maximum atomic E-state index is 12.6. The van der Waals surface area contributed by atoms with Crippen LogP contribution in [0.25, 0.3) is 0 Å². The lowest BCUT2D eigenvalue weighted by Crippen LogP contribution is -2.28. The van der Waals surface area contributed by atoms with Gasteiger partial charge in [0.15, 0.2) is 0 Å². The summed E-state index contributed by atoms with van der Waals surface area (Å²) in [6.45, 7) is -0.519. The SMILES string of the molecule is COc1ccc(NC(=O)Cn2cc(C(F)(F)F)ccc2=O)cc1. The highest BCUT2D eigenvalue weighted by Crippen LogP contribution is 2.28. The molecule has 122 valence electrons. The van der Waals surface area contributed by atoms with E-state index >= 15 is 0 Å². The molecule has 23 heavy (non-hydrogen) atoms. The molecule has 5 nitrogen and oxygen atoms in total. The number of hydrogen-bond donors (Lipinski definition) is 1. The molecule has 0 radical (unpaired) electrons. The van der Waals surface area contributed by atoms with Crippen LogP contribution in [0, 0.1) is 0 Å².